The van der Waals surface area contributed by atoms with Crippen LogP contribution in [-0.4, -0.2) is 41.7 Å². The highest BCUT2D eigenvalue weighted by atomic mass is 127. The van der Waals surface area contributed by atoms with Crippen LogP contribution in [0.5, 0.6) is 5.75 Å². The summed E-state index contributed by atoms with van der Waals surface area (Å²) in [5.41, 5.74) is -0.741. The number of esters is 2. The molecule has 1 N–H and O–H groups in total. The summed E-state index contributed by atoms with van der Waals surface area (Å²) in [5.74, 6) is -12.0. The van der Waals surface area contributed by atoms with Crippen molar-refractivity contribution in [1.29, 1.82) is 0 Å². The summed E-state index contributed by atoms with van der Waals surface area (Å²) < 4.78 is 71.2. The van der Waals surface area contributed by atoms with E-state index in [1.807, 2.05) is 0 Å². The highest BCUT2D eigenvalue weighted by molar-refractivity contribution is 14.1. The molecule has 6 nitrogen and oxygen atoms in total. The molecule has 1 aromatic carbocycles. The largest absolute Gasteiger partial charge is 0.491 e. The lowest BCUT2D eigenvalue weighted by Crippen LogP contribution is -2.35. The van der Waals surface area contributed by atoms with Crippen molar-refractivity contribution in [3.8, 4) is 5.75 Å². The highest BCUT2D eigenvalue weighted by Gasteiger charge is 2.43. The Morgan fingerprint density at radius 3 is 2.12 bits per heavy atom. The fourth-order valence-electron chi connectivity index (χ4n) is 1.26. The van der Waals surface area contributed by atoms with Crippen molar-refractivity contribution in [1.82, 2.24) is 0 Å². The molecule has 0 bridgehead atoms. The molecule has 1 rings (SSSR count). The van der Waals surface area contributed by atoms with Gasteiger partial charge in [0.1, 0.15) is 5.56 Å². The maximum absolute atomic E-state index is 12.9. The van der Waals surface area contributed by atoms with Gasteiger partial charge in [0.05, 0.1) is 3.57 Å². The molecular weight excluding hydrogens is 589 g/mol. The average molecular weight is 594 g/mol. The minimum absolute atomic E-state index is 0.0981. The SMILES string of the molecule is O=C(OCC(F)(F)C(=O)O)c1cc(I)cc(I)c1OC(=O)C(F)(F)F. The van der Waals surface area contributed by atoms with Gasteiger partial charge < -0.3 is 14.6 Å². The predicted molar refractivity (Wildman–Crippen MR) is 86.4 cm³/mol. The third kappa shape index (κ3) is 5.89. The van der Waals surface area contributed by atoms with Gasteiger partial charge in [0.2, 0.25) is 0 Å². The Balaban J connectivity index is 3.15. The van der Waals surface area contributed by atoms with Crippen LogP contribution in [0.3, 0.4) is 0 Å². The van der Waals surface area contributed by atoms with Crippen LogP contribution in [0.25, 0.3) is 0 Å². The Kier molecular flexibility index (Phi) is 6.94. The van der Waals surface area contributed by atoms with E-state index in [2.05, 4.69) is 9.47 Å². The molecule has 1 aromatic rings. The van der Waals surface area contributed by atoms with Gasteiger partial charge in [0.25, 0.3) is 0 Å². The molecule has 0 saturated carbocycles. The smallest absolute Gasteiger partial charge is 0.477 e. The summed E-state index contributed by atoms with van der Waals surface area (Å²) in [7, 11) is 0. The summed E-state index contributed by atoms with van der Waals surface area (Å²) in [6.45, 7) is -1.85. The Labute approximate surface area is 162 Å². The molecule has 138 valence electrons. The van der Waals surface area contributed by atoms with Gasteiger partial charge in [-0.25, -0.2) is 14.4 Å². The number of carbonyl (C=O) groups excluding carboxylic acids is 2. The highest BCUT2D eigenvalue weighted by Crippen LogP contribution is 2.31. The van der Waals surface area contributed by atoms with Gasteiger partial charge in [-0.1, -0.05) is 0 Å². The second-order valence-electron chi connectivity index (χ2n) is 4.24. The quantitative estimate of drug-likeness (QED) is 0.244. The number of aliphatic carboxylic acids is 1. The number of carboxylic acids is 1. The van der Waals surface area contributed by atoms with Crippen LogP contribution in [-0.2, 0) is 14.3 Å². The van der Waals surface area contributed by atoms with Crippen LogP contribution >= 0.6 is 45.2 Å². The molecule has 0 fully saturated rings. The van der Waals surface area contributed by atoms with Gasteiger partial charge in [-0.2, -0.15) is 22.0 Å². The van der Waals surface area contributed by atoms with Crippen molar-refractivity contribution >= 4 is 63.1 Å². The van der Waals surface area contributed by atoms with Gasteiger partial charge in [0.15, 0.2) is 12.4 Å². The van der Waals surface area contributed by atoms with E-state index in [9.17, 15) is 36.3 Å². The number of hydrogen-bond acceptors (Lipinski definition) is 5. The lowest BCUT2D eigenvalue weighted by atomic mass is 10.2. The monoisotopic (exact) mass is 594 g/mol. The molecule has 13 heteroatoms. The Bertz CT molecular complexity index is 719. The van der Waals surface area contributed by atoms with Crippen molar-refractivity contribution in [2.24, 2.45) is 0 Å². The number of carboxylic acid groups (broad SMARTS) is 1. The fraction of sp³-hybridized carbons (Fsp3) is 0.250. The topological polar surface area (TPSA) is 89.9 Å². The summed E-state index contributed by atoms with van der Waals surface area (Å²) in [4.78, 5) is 33.1. The predicted octanol–water partition coefficient (Wildman–Crippen LogP) is 3.24. The summed E-state index contributed by atoms with van der Waals surface area (Å²) >= 11 is 3.13. The molecule has 0 saturated heterocycles. The van der Waals surface area contributed by atoms with Crippen LogP contribution in [0, 0.1) is 7.14 Å². The van der Waals surface area contributed by atoms with Crippen LogP contribution in [0.15, 0.2) is 12.1 Å². The fourth-order valence-corrected chi connectivity index (χ4v) is 3.22. The zero-order valence-electron chi connectivity index (χ0n) is 11.5. The summed E-state index contributed by atoms with van der Waals surface area (Å²) in [6, 6.07) is 2.19. The summed E-state index contributed by atoms with van der Waals surface area (Å²) in [6.07, 6.45) is -5.36. The average Bonchev–Trinajstić information content (AvgIpc) is 2.45. The van der Waals surface area contributed by atoms with Crippen molar-refractivity contribution in [3.63, 3.8) is 0 Å². The van der Waals surface area contributed by atoms with Gasteiger partial charge in [-0.05, 0) is 57.3 Å². The number of hydrogen-bond donors (Lipinski definition) is 1. The molecule has 0 aliphatic heterocycles. The van der Waals surface area contributed by atoms with Gasteiger partial charge in [0, 0.05) is 3.57 Å². The standard InChI is InChI=1S/C12H5F5I2O6/c13-11(14,9(21)22)3-24-8(20)5-1-4(18)2-6(19)7(5)25-10(23)12(15,16)17/h1-2H,3H2,(H,21,22). The first-order chi connectivity index (χ1) is 11.3. The molecule has 0 unspecified atom stereocenters. The van der Waals surface area contributed by atoms with Crippen LogP contribution in [0.1, 0.15) is 10.4 Å². The number of carbonyl (C=O) groups is 3. The maximum atomic E-state index is 12.9. The molecule has 0 aliphatic rings. The number of rotatable bonds is 5. The third-order valence-electron chi connectivity index (χ3n) is 2.35. The van der Waals surface area contributed by atoms with Crippen LogP contribution in [0.4, 0.5) is 22.0 Å². The van der Waals surface area contributed by atoms with Crippen molar-refractivity contribution < 1.29 is 50.9 Å². The molecule has 0 spiro atoms. The zero-order chi connectivity index (χ0) is 19.6. The molecular formula is C12H5F5I2O6. The van der Waals surface area contributed by atoms with Crippen molar-refractivity contribution in [2.75, 3.05) is 6.61 Å². The van der Waals surface area contributed by atoms with Gasteiger partial charge in [-0.15, -0.1) is 0 Å². The first kappa shape index (κ1) is 21.8. The van der Waals surface area contributed by atoms with Gasteiger partial charge in [-0.3, -0.25) is 0 Å². The second kappa shape index (κ2) is 7.96. The van der Waals surface area contributed by atoms with E-state index in [0.29, 0.717) is 3.57 Å². The molecule has 0 atom stereocenters. The Morgan fingerprint density at radius 1 is 1.08 bits per heavy atom. The first-order valence-electron chi connectivity index (χ1n) is 5.82. The molecule has 0 aromatic heterocycles. The minimum atomic E-state index is -5.36. The van der Waals surface area contributed by atoms with E-state index in [4.69, 9.17) is 5.11 Å². The number of alkyl halides is 5. The van der Waals surface area contributed by atoms with Gasteiger partial charge >= 0.3 is 30.0 Å². The molecule has 25 heavy (non-hydrogen) atoms. The van der Waals surface area contributed by atoms with E-state index >= 15 is 0 Å². The number of halogens is 7. The molecule has 0 aliphatic carbocycles. The zero-order valence-corrected chi connectivity index (χ0v) is 15.8. The number of ether oxygens (including phenoxy) is 2. The Hall–Kier alpha value is -1.26. The second-order valence-corrected chi connectivity index (χ2v) is 6.65. The van der Waals surface area contributed by atoms with Crippen molar-refractivity contribution in [2.45, 2.75) is 12.1 Å². The lowest BCUT2D eigenvalue weighted by Gasteiger charge is -2.15. The van der Waals surface area contributed by atoms with E-state index in [1.54, 1.807) is 22.6 Å². The normalized spacial score (nSPS) is 11.8. The lowest BCUT2D eigenvalue weighted by molar-refractivity contribution is -0.189. The van der Waals surface area contributed by atoms with E-state index in [0.717, 1.165) is 6.07 Å². The van der Waals surface area contributed by atoms with Crippen molar-refractivity contribution in [3.05, 3.63) is 24.8 Å². The molecule has 0 heterocycles. The van der Waals surface area contributed by atoms with E-state index in [-0.39, 0.29) is 3.57 Å². The summed E-state index contributed by atoms with van der Waals surface area (Å²) in [5, 5.41) is 8.24. The van der Waals surface area contributed by atoms with E-state index in [1.165, 1.54) is 28.7 Å². The minimum Gasteiger partial charge on any atom is -0.477 e. The Morgan fingerprint density at radius 2 is 1.64 bits per heavy atom. The molecule has 0 amide bonds. The molecule has 0 radical (unpaired) electrons. The maximum Gasteiger partial charge on any atom is 0.491 e. The van der Waals surface area contributed by atoms with Crippen LogP contribution < -0.4 is 4.74 Å². The number of benzene rings is 1. The third-order valence-corrected chi connectivity index (χ3v) is 3.78. The van der Waals surface area contributed by atoms with Crippen LogP contribution in [0.2, 0.25) is 0 Å². The van der Waals surface area contributed by atoms with E-state index < -0.39 is 47.9 Å². The first-order valence-corrected chi connectivity index (χ1v) is 7.98.